The third kappa shape index (κ3) is 4.33. The van der Waals surface area contributed by atoms with Gasteiger partial charge in [0, 0.05) is 30.6 Å². The van der Waals surface area contributed by atoms with Crippen molar-refractivity contribution < 1.29 is 4.79 Å². The number of hydrazone groups is 1. The number of hydrogen-bond acceptors (Lipinski definition) is 4. The van der Waals surface area contributed by atoms with Crippen molar-refractivity contribution in [2.24, 2.45) is 12.1 Å². The second-order valence-electron chi connectivity index (χ2n) is 5.60. The average molecular weight is 357 g/mol. The zero-order valence-corrected chi connectivity index (χ0v) is 14.6. The second kappa shape index (κ2) is 7.31. The molecule has 0 fully saturated rings. The van der Waals surface area contributed by atoms with Gasteiger partial charge in [0.15, 0.2) is 0 Å². The van der Waals surface area contributed by atoms with Crippen molar-refractivity contribution in [1.29, 1.82) is 0 Å². The van der Waals surface area contributed by atoms with Crippen molar-refractivity contribution in [2.45, 2.75) is 13.5 Å². The first-order valence-electron chi connectivity index (χ1n) is 7.62. The van der Waals surface area contributed by atoms with Crippen LogP contribution in [-0.2, 0) is 13.6 Å². The van der Waals surface area contributed by atoms with Crippen molar-refractivity contribution >= 4 is 23.7 Å². The largest absolute Gasteiger partial charge is 0.275 e. The van der Waals surface area contributed by atoms with Gasteiger partial charge in [-0.05, 0) is 24.6 Å². The first kappa shape index (κ1) is 16.9. The average Bonchev–Trinajstić information content (AvgIpc) is 3.13. The lowest BCUT2D eigenvalue weighted by molar-refractivity contribution is 0.0955. The Labute approximate surface area is 149 Å². The summed E-state index contributed by atoms with van der Waals surface area (Å²) in [7, 11) is 1.83. The Balaban J connectivity index is 1.59. The maximum Gasteiger partial charge on any atom is 0.271 e. The molecular formula is C17H17ClN6O. The Morgan fingerprint density at radius 3 is 2.68 bits per heavy atom. The number of carbonyl (C=O) groups is 1. The van der Waals surface area contributed by atoms with E-state index in [0.717, 1.165) is 16.8 Å². The number of hydrogen-bond donors (Lipinski definition) is 1. The van der Waals surface area contributed by atoms with Gasteiger partial charge in [-0.3, -0.25) is 14.2 Å². The van der Waals surface area contributed by atoms with Gasteiger partial charge in [-0.25, -0.2) is 5.43 Å². The molecule has 3 rings (SSSR count). The van der Waals surface area contributed by atoms with Crippen LogP contribution in [0.25, 0.3) is 0 Å². The predicted octanol–water partition coefficient (Wildman–Crippen LogP) is 2.39. The van der Waals surface area contributed by atoms with Crippen molar-refractivity contribution in [2.75, 3.05) is 0 Å². The molecule has 1 N–H and O–H groups in total. The Morgan fingerprint density at radius 2 is 2.08 bits per heavy atom. The van der Waals surface area contributed by atoms with Gasteiger partial charge < -0.3 is 0 Å². The number of halogens is 1. The lowest BCUT2D eigenvalue weighted by Gasteiger charge is -2.04. The van der Waals surface area contributed by atoms with Gasteiger partial charge in [-0.15, -0.1) is 0 Å². The van der Waals surface area contributed by atoms with Crippen LogP contribution in [0, 0.1) is 6.92 Å². The van der Waals surface area contributed by atoms with Crippen LogP contribution in [0.2, 0.25) is 5.02 Å². The quantitative estimate of drug-likeness (QED) is 0.563. The van der Waals surface area contributed by atoms with Gasteiger partial charge in [0.05, 0.1) is 29.7 Å². The molecule has 8 heteroatoms. The lowest BCUT2D eigenvalue weighted by Crippen LogP contribution is -2.17. The maximum atomic E-state index is 12.1. The van der Waals surface area contributed by atoms with Crippen molar-refractivity contribution in [3.63, 3.8) is 0 Å². The fourth-order valence-electron chi connectivity index (χ4n) is 2.34. The van der Waals surface area contributed by atoms with Gasteiger partial charge in [-0.2, -0.15) is 15.3 Å². The van der Waals surface area contributed by atoms with Gasteiger partial charge in [-0.1, -0.05) is 23.7 Å². The molecule has 0 unspecified atom stereocenters. The molecule has 0 saturated carbocycles. The molecule has 0 aliphatic carbocycles. The minimum Gasteiger partial charge on any atom is -0.275 e. The molecule has 0 aliphatic rings. The summed E-state index contributed by atoms with van der Waals surface area (Å²) in [6.07, 6.45) is 6.75. The van der Waals surface area contributed by atoms with Crippen LogP contribution >= 0.6 is 11.6 Å². The minimum absolute atomic E-state index is 0.272. The molecule has 1 aromatic carbocycles. The molecule has 2 aromatic heterocycles. The number of aryl methyl sites for hydroxylation is 2. The Hall–Kier alpha value is -2.93. The van der Waals surface area contributed by atoms with Gasteiger partial charge in [0.2, 0.25) is 0 Å². The van der Waals surface area contributed by atoms with E-state index in [1.807, 2.05) is 32.3 Å². The Kier molecular flexibility index (Phi) is 4.95. The standard InChI is InChI=1S/C17H17ClN6O/c1-12-15(10-23(2)22-12)7-19-21-17(25)14-5-3-13(4-6-14)9-24-11-16(18)8-20-24/h3-8,10-11H,9H2,1-2H3,(H,21,25)/b19-7+. The van der Waals surface area contributed by atoms with Crippen LogP contribution in [-0.4, -0.2) is 31.7 Å². The summed E-state index contributed by atoms with van der Waals surface area (Å²) in [4.78, 5) is 12.1. The van der Waals surface area contributed by atoms with E-state index in [1.165, 1.54) is 0 Å². The van der Waals surface area contributed by atoms with E-state index >= 15 is 0 Å². The van der Waals surface area contributed by atoms with Crippen LogP contribution in [0.15, 0.2) is 48.0 Å². The molecule has 7 nitrogen and oxygen atoms in total. The Bertz CT molecular complexity index is 910. The van der Waals surface area contributed by atoms with Crippen LogP contribution < -0.4 is 5.43 Å². The summed E-state index contributed by atoms with van der Waals surface area (Å²) in [6, 6.07) is 7.25. The van der Waals surface area contributed by atoms with Crippen LogP contribution in [0.4, 0.5) is 0 Å². The minimum atomic E-state index is -0.272. The number of amides is 1. The SMILES string of the molecule is Cc1nn(C)cc1/C=N/NC(=O)c1ccc(Cn2cc(Cl)cn2)cc1. The number of rotatable bonds is 5. The third-order valence-electron chi connectivity index (χ3n) is 3.58. The van der Waals surface area contributed by atoms with E-state index in [2.05, 4.69) is 20.7 Å². The molecule has 0 radical (unpaired) electrons. The van der Waals surface area contributed by atoms with E-state index in [1.54, 1.807) is 40.1 Å². The number of nitrogens with one attached hydrogen (secondary N) is 1. The number of carbonyl (C=O) groups excluding carboxylic acids is 1. The van der Waals surface area contributed by atoms with Crippen LogP contribution in [0.3, 0.4) is 0 Å². The molecular weight excluding hydrogens is 340 g/mol. The summed E-state index contributed by atoms with van der Waals surface area (Å²) < 4.78 is 3.43. The third-order valence-corrected chi connectivity index (χ3v) is 3.78. The molecule has 3 aromatic rings. The molecule has 0 atom stereocenters. The van der Waals surface area contributed by atoms with Gasteiger partial charge in [0.1, 0.15) is 0 Å². The zero-order valence-electron chi connectivity index (χ0n) is 13.8. The first-order chi connectivity index (χ1) is 12.0. The Morgan fingerprint density at radius 1 is 1.32 bits per heavy atom. The van der Waals surface area contributed by atoms with E-state index in [0.29, 0.717) is 17.1 Å². The zero-order chi connectivity index (χ0) is 17.8. The maximum absolute atomic E-state index is 12.1. The predicted molar refractivity (Wildman–Crippen MR) is 95.8 cm³/mol. The smallest absolute Gasteiger partial charge is 0.271 e. The molecule has 1 amide bonds. The van der Waals surface area contributed by atoms with E-state index in [4.69, 9.17) is 11.6 Å². The summed E-state index contributed by atoms with van der Waals surface area (Å²) in [5.74, 6) is -0.272. The van der Waals surface area contributed by atoms with Gasteiger partial charge >= 0.3 is 0 Å². The van der Waals surface area contributed by atoms with E-state index in [9.17, 15) is 4.79 Å². The fraction of sp³-hybridized carbons (Fsp3) is 0.176. The van der Waals surface area contributed by atoms with Gasteiger partial charge in [0.25, 0.3) is 5.91 Å². The fourth-order valence-corrected chi connectivity index (χ4v) is 2.50. The molecule has 2 heterocycles. The number of benzene rings is 1. The highest BCUT2D eigenvalue weighted by Crippen LogP contribution is 2.09. The van der Waals surface area contributed by atoms with Crippen LogP contribution in [0.1, 0.15) is 27.2 Å². The molecule has 0 bridgehead atoms. The highest BCUT2D eigenvalue weighted by Gasteiger charge is 2.05. The first-order valence-corrected chi connectivity index (χ1v) is 7.99. The number of nitrogens with zero attached hydrogens (tertiary/aromatic N) is 5. The summed E-state index contributed by atoms with van der Waals surface area (Å²) >= 11 is 5.84. The normalized spacial score (nSPS) is 11.2. The van der Waals surface area contributed by atoms with Crippen LogP contribution in [0.5, 0.6) is 0 Å². The molecule has 25 heavy (non-hydrogen) atoms. The monoisotopic (exact) mass is 356 g/mol. The summed E-state index contributed by atoms with van der Waals surface area (Å²) in [5, 5.41) is 12.9. The van der Waals surface area contributed by atoms with Crippen molar-refractivity contribution in [3.05, 3.63) is 70.3 Å². The van der Waals surface area contributed by atoms with E-state index < -0.39 is 0 Å². The highest BCUT2D eigenvalue weighted by molar-refractivity contribution is 6.30. The molecule has 0 spiro atoms. The lowest BCUT2D eigenvalue weighted by atomic mass is 10.1. The molecule has 0 saturated heterocycles. The summed E-state index contributed by atoms with van der Waals surface area (Å²) in [6.45, 7) is 2.47. The van der Waals surface area contributed by atoms with Crippen molar-refractivity contribution in [3.8, 4) is 0 Å². The molecule has 0 aliphatic heterocycles. The summed E-state index contributed by atoms with van der Waals surface area (Å²) in [5.41, 5.74) is 5.77. The topological polar surface area (TPSA) is 77.1 Å². The van der Waals surface area contributed by atoms with E-state index in [-0.39, 0.29) is 5.91 Å². The number of aromatic nitrogens is 4. The highest BCUT2D eigenvalue weighted by atomic mass is 35.5. The molecule has 128 valence electrons. The van der Waals surface area contributed by atoms with Crippen molar-refractivity contribution in [1.82, 2.24) is 25.0 Å². The second-order valence-corrected chi connectivity index (χ2v) is 6.03.